The van der Waals surface area contributed by atoms with Crippen LogP contribution in [0.5, 0.6) is 0 Å². The van der Waals surface area contributed by atoms with Gasteiger partial charge in [-0.1, -0.05) is 5.16 Å². The van der Waals surface area contributed by atoms with Gasteiger partial charge in [0, 0.05) is 43.8 Å². The fraction of sp³-hybridized carbons (Fsp3) is 0.438. The molecule has 0 bridgehead atoms. The zero-order valence-corrected chi connectivity index (χ0v) is 12.7. The van der Waals surface area contributed by atoms with Crippen molar-refractivity contribution in [2.45, 2.75) is 19.8 Å². The van der Waals surface area contributed by atoms with Crippen molar-refractivity contribution in [1.82, 2.24) is 15.5 Å². The monoisotopic (exact) mass is 300 g/mol. The number of rotatable bonds is 4. The van der Waals surface area contributed by atoms with Gasteiger partial charge < -0.3 is 14.7 Å². The Labute approximate surface area is 129 Å². The standard InChI is InChI=1S/C16H20N4O2/c1-12-9-15(19-22-12)16(21)18-10-13-3-2-8-20(11-13)14-4-6-17-7-5-14/h4-7,9,13H,2-3,8,10-11H2,1H3,(H,18,21). The second-order valence-corrected chi connectivity index (χ2v) is 5.69. The van der Waals surface area contributed by atoms with Crippen molar-refractivity contribution >= 4 is 11.6 Å². The third-order valence-corrected chi connectivity index (χ3v) is 3.96. The fourth-order valence-electron chi connectivity index (χ4n) is 2.82. The predicted molar refractivity (Wildman–Crippen MR) is 82.7 cm³/mol. The van der Waals surface area contributed by atoms with E-state index in [0.29, 0.717) is 23.9 Å². The summed E-state index contributed by atoms with van der Waals surface area (Å²) in [6.07, 6.45) is 5.88. The van der Waals surface area contributed by atoms with Crippen LogP contribution in [0.3, 0.4) is 0 Å². The summed E-state index contributed by atoms with van der Waals surface area (Å²) >= 11 is 0. The Kier molecular flexibility index (Phi) is 4.37. The summed E-state index contributed by atoms with van der Waals surface area (Å²) in [6.45, 7) is 4.43. The first kappa shape index (κ1) is 14.6. The molecular formula is C16H20N4O2. The first-order valence-corrected chi connectivity index (χ1v) is 7.59. The van der Waals surface area contributed by atoms with Gasteiger partial charge in [-0.15, -0.1) is 0 Å². The zero-order valence-electron chi connectivity index (χ0n) is 12.7. The van der Waals surface area contributed by atoms with Crippen molar-refractivity contribution in [3.05, 3.63) is 42.0 Å². The molecule has 3 heterocycles. The molecule has 0 aliphatic carbocycles. The van der Waals surface area contributed by atoms with Crippen LogP contribution in [0.25, 0.3) is 0 Å². The molecule has 1 N–H and O–H groups in total. The van der Waals surface area contributed by atoms with E-state index in [1.165, 1.54) is 5.69 Å². The van der Waals surface area contributed by atoms with Gasteiger partial charge in [-0.05, 0) is 37.8 Å². The van der Waals surface area contributed by atoms with Crippen LogP contribution in [0.2, 0.25) is 0 Å². The Morgan fingerprint density at radius 3 is 3.00 bits per heavy atom. The van der Waals surface area contributed by atoms with Gasteiger partial charge in [0.15, 0.2) is 5.69 Å². The lowest BCUT2D eigenvalue weighted by molar-refractivity contribution is 0.0936. The van der Waals surface area contributed by atoms with Crippen molar-refractivity contribution in [1.29, 1.82) is 0 Å². The number of aromatic nitrogens is 2. The van der Waals surface area contributed by atoms with E-state index >= 15 is 0 Å². The van der Waals surface area contributed by atoms with Crippen molar-refractivity contribution in [3.8, 4) is 0 Å². The second kappa shape index (κ2) is 6.60. The van der Waals surface area contributed by atoms with Crippen LogP contribution in [-0.4, -0.2) is 35.7 Å². The van der Waals surface area contributed by atoms with Crippen LogP contribution in [-0.2, 0) is 0 Å². The maximum atomic E-state index is 12.0. The topological polar surface area (TPSA) is 71.3 Å². The van der Waals surface area contributed by atoms with E-state index in [4.69, 9.17) is 4.52 Å². The number of nitrogens with zero attached hydrogens (tertiary/aromatic N) is 3. The lowest BCUT2D eigenvalue weighted by atomic mass is 9.97. The van der Waals surface area contributed by atoms with Gasteiger partial charge in [0.2, 0.25) is 0 Å². The average Bonchev–Trinajstić information content (AvgIpc) is 3.00. The summed E-state index contributed by atoms with van der Waals surface area (Å²) in [5, 5.41) is 6.69. The van der Waals surface area contributed by atoms with Crippen LogP contribution in [0, 0.1) is 12.8 Å². The van der Waals surface area contributed by atoms with Crippen molar-refractivity contribution in [2.24, 2.45) is 5.92 Å². The number of amides is 1. The largest absolute Gasteiger partial charge is 0.371 e. The molecule has 6 heteroatoms. The minimum Gasteiger partial charge on any atom is -0.371 e. The van der Waals surface area contributed by atoms with Gasteiger partial charge in [0.1, 0.15) is 5.76 Å². The Hall–Kier alpha value is -2.37. The summed E-state index contributed by atoms with van der Waals surface area (Å²) in [7, 11) is 0. The molecule has 1 atom stereocenters. The molecule has 3 rings (SSSR count). The molecule has 116 valence electrons. The number of anilines is 1. The van der Waals surface area contributed by atoms with Crippen LogP contribution >= 0.6 is 0 Å². The Morgan fingerprint density at radius 2 is 2.27 bits per heavy atom. The highest BCUT2D eigenvalue weighted by molar-refractivity contribution is 5.92. The number of hydrogen-bond acceptors (Lipinski definition) is 5. The smallest absolute Gasteiger partial charge is 0.273 e. The number of carbonyl (C=O) groups is 1. The SMILES string of the molecule is Cc1cc(C(=O)NCC2CCCN(c3ccncc3)C2)no1. The van der Waals surface area contributed by atoms with Crippen molar-refractivity contribution in [2.75, 3.05) is 24.5 Å². The number of nitrogens with one attached hydrogen (secondary N) is 1. The quantitative estimate of drug-likeness (QED) is 0.935. The third kappa shape index (κ3) is 3.44. The summed E-state index contributed by atoms with van der Waals surface area (Å²) in [5.74, 6) is 0.920. The van der Waals surface area contributed by atoms with E-state index in [1.807, 2.05) is 24.5 Å². The van der Waals surface area contributed by atoms with Crippen LogP contribution in [0.1, 0.15) is 29.1 Å². The number of pyridine rings is 1. The lowest BCUT2D eigenvalue weighted by Gasteiger charge is -2.34. The van der Waals surface area contributed by atoms with E-state index in [2.05, 4.69) is 20.4 Å². The molecule has 0 radical (unpaired) electrons. The first-order chi connectivity index (χ1) is 10.7. The average molecular weight is 300 g/mol. The molecule has 6 nitrogen and oxygen atoms in total. The summed E-state index contributed by atoms with van der Waals surface area (Å²) in [5.41, 5.74) is 1.54. The molecular weight excluding hydrogens is 280 g/mol. The van der Waals surface area contributed by atoms with Gasteiger partial charge in [-0.2, -0.15) is 0 Å². The van der Waals surface area contributed by atoms with Crippen LogP contribution < -0.4 is 10.2 Å². The number of hydrogen-bond donors (Lipinski definition) is 1. The van der Waals surface area contributed by atoms with E-state index in [-0.39, 0.29) is 5.91 Å². The normalized spacial score (nSPS) is 18.2. The zero-order chi connectivity index (χ0) is 15.4. The first-order valence-electron chi connectivity index (χ1n) is 7.59. The molecule has 2 aromatic rings. The van der Waals surface area contributed by atoms with Crippen molar-refractivity contribution in [3.63, 3.8) is 0 Å². The van der Waals surface area contributed by atoms with Gasteiger partial charge in [-0.3, -0.25) is 9.78 Å². The molecule has 1 aliphatic rings. The molecule has 0 saturated carbocycles. The van der Waals surface area contributed by atoms with Gasteiger partial charge in [-0.25, -0.2) is 0 Å². The van der Waals surface area contributed by atoms with E-state index in [0.717, 1.165) is 25.9 Å². The van der Waals surface area contributed by atoms with E-state index in [1.54, 1.807) is 13.0 Å². The molecule has 1 unspecified atom stereocenters. The Bertz CT molecular complexity index is 626. The molecule has 1 amide bonds. The number of aryl methyl sites for hydroxylation is 1. The Balaban J connectivity index is 1.53. The molecule has 1 fully saturated rings. The lowest BCUT2D eigenvalue weighted by Crippen LogP contribution is -2.41. The van der Waals surface area contributed by atoms with Crippen LogP contribution in [0.4, 0.5) is 5.69 Å². The highest BCUT2D eigenvalue weighted by Gasteiger charge is 2.21. The summed E-state index contributed by atoms with van der Waals surface area (Å²) in [4.78, 5) is 18.4. The maximum Gasteiger partial charge on any atom is 0.273 e. The highest BCUT2D eigenvalue weighted by atomic mass is 16.5. The van der Waals surface area contributed by atoms with Crippen molar-refractivity contribution < 1.29 is 9.32 Å². The summed E-state index contributed by atoms with van der Waals surface area (Å²) < 4.78 is 4.93. The third-order valence-electron chi connectivity index (χ3n) is 3.96. The molecule has 1 aliphatic heterocycles. The Morgan fingerprint density at radius 1 is 1.45 bits per heavy atom. The van der Waals surface area contributed by atoms with Gasteiger partial charge in [0.25, 0.3) is 5.91 Å². The van der Waals surface area contributed by atoms with Gasteiger partial charge >= 0.3 is 0 Å². The minimum atomic E-state index is -0.169. The summed E-state index contributed by atoms with van der Waals surface area (Å²) in [6, 6.07) is 5.71. The molecule has 1 saturated heterocycles. The minimum absolute atomic E-state index is 0.169. The van der Waals surface area contributed by atoms with Gasteiger partial charge in [0.05, 0.1) is 0 Å². The number of carbonyl (C=O) groups excluding carboxylic acids is 1. The fourth-order valence-corrected chi connectivity index (χ4v) is 2.82. The molecule has 2 aromatic heterocycles. The van der Waals surface area contributed by atoms with E-state index < -0.39 is 0 Å². The molecule has 22 heavy (non-hydrogen) atoms. The van der Waals surface area contributed by atoms with Crippen LogP contribution in [0.15, 0.2) is 35.1 Å². The number of piperidine rings is 1. The predicted octanol–water partition coefficient (Wildman–Crippen LogP) is 2.02. The second-order valence-electron chi connectivity index (χ2n) is 5.69. The molecule has 0 aromatic carbocycles. The highest BCUT2D eigenvalue weighted by Crippen LogP contribution is 2.22. The molecule has 0 spiro atoms. The van der Waals surface area contributed by atoms with E-state index in [9.17, 15) is 4.79 Å². The maximum absolute atomic E-state index is 12.0.